The Kier molecular flexibility index (Phi) is 4.46. The fraction of sp³-hybridized carbons (Fsp3) is 0.909. The van der Waals surface area contributed by atoms with Crippen LogP contribution in [0.1, 0.15) is 33.1 Å². The third kappa shape index (κ3) is 3.11. The molecule has 1 aliphatic rings. The molecule has 15 heavy (non-hydrogen) atoms. The highest BCUT2D eigenvalue weighted by Crippen LogP contribution is 2.42. The Bertz CT molecular complexity index is 221. The van der Waals surface area contributed by atoms with E-state index in [9.17, 15) is 4.79 Å². The van der Waals surface area contributed by atoms with Gasteiger partial charge >= 0.3 is 0 Å². The molecule has 0 bridgehead atoms. The van der Waals surface area contributed by atoms with Gasteiger partial charge in [-0.1, -0.05) is 20.3 Å². The summed E-state index contributed by atoms with van der Waals surface area (Å²) in [4.78, 5) is 11.6. The average molecular weight is 230 g/mol. The van der Waals surface area contributed by atoms with Crippen molar-refractivity contribution in [1.29, 1.82) is 0 Å². The van der Waals surface area contributed by atoms with Crippen molar-refractivity contribution in [3.05, 3.63) is 0 Å². The molecule has 1 rings (SSSR count). The lowest BCUT2D eigenvalue weighted by molar-refractivity contribution is -0.123. The number of nitrogens with one attached hydrogen (secondary N) is 1. The van der Waals surface area contributed by atoms with Crippen LogP contribution < -0.4 is 11.1 Å². The van der Waals surface area contributed by atoms with E-state index in [2.05, 4.69) is 11.6 Å². The van der Waals surface area contributed by atoms with Gasteiger partial charge in [0.25, 0.3) is 0 Å². The first-order valence-corrected chi connectivity index (χ1v) is 6.82. The zero-order valence-electron chi connectivity index (χ0n) is 9.88. The first kappa shape index (κ1) is 12.8. The Morgan fingerprint density at radius 3 is 2.47 bits per heavy atom. The van der Waals surface area contributed by atoms with Crippen LogP contribution >= 0.6 is 11.8 Å². The molecule has 0 aliphatic heterocycles. The molecule has 3 N–H and O–H groups in total. The van der Waals surface area contributed by atoms with Crippen molar-refractivity contribution >= 4 is 17.7 Å². The van der Waals surface area contributed by atoms with Gasteiger partial charge in [-0.15, -0.1) is 0 Å². The highest BCUT2D eigenvalue weighted by atomic mass is 32.2. The van der Waals surface area contributed by atoms with Crippen LogP contribution in [0.25, 0.3) is 0 Å². The maximum atomic E-state index is 11.6. The van der Waals surface area contributed by atoms with E-state index in [-0.39, 0.29) is 17.9 Å². The SMILES string of the molecule is CSC1(CNC(=O)[C@H](N)C(C)C)CCC1. The number of hydrogen-bond acceptors (Lipinski definition) is 3. The minimum Gasteiger partial charge on any atom is -0.353 e. The molecular formula is C11H22N2OS. The molecule has 0 aromatic heterocycles. The van der Waals surface area contributed by atoms with Crippen molar-refractivity contribution < 1.29 is 4.79 Å². The van der Waals surface area contributed by atoms with Crippen molar-refractivity contribution in [2.45, 2.75) is 43.9 Å². The van der Waals surface area contributed by atoms with Crippen LogP contribution in [-0.4, -0.2) is 29.5 Å². The van der Waals surface area contributed by atoms with E-state index in [0.717, 1.165) is 6.54 Å². The highest BCUT2D eigenvalue weighted by Gasteiger charge is 2.36. The van der Waals surface area contributed by atoms with Crippen molar-refractivity contribution in [3.63, 3.8) is 0 Å². The summed E-state index contributed by atoms with van der Waals surface area (Å²) in [7, 11) is 0. The van der Waals surface area contributed by atoms with Crippen molar-refractivity contribution in [2.75, 3.05) is 12.8 Å². The molecule has 1 saturated carbocycles. The molecule has 0 spiro atoms. The Morgan fingerprint density at radius 2 is 2.13 bits per heavy atom. The number of hydrogen-bond donors (Lipinski definition) is 2. The van der Waals surface area contributed by atoms with Crippen LogP contribution in [0.4, 0.5) is 0 Å². The normalized spacial score (nSPS) is 20.9. The molecule has 4 heteroatoms. The number of carbonyl (C=O) groups is 1. The molecule has 0 saturated heterocycles. The molecule has 0 aromatic rings. The molecule has 3 nitrogen and oxygen atoms in total. The third-order valence-electron chi connectivity index (χ3n) is 3.30. The van der Waals surface area contributed by atoms with Crippen LogP contribution in [0.3, 0.4) is 0 Å². The molecule has 1 fully saturated rings. The molecule has 0 radical (unpaired) electrons. The summed E-state index contributed by atoms with van der Waals surface area (Å²) in [6.07, 6.45) is 5.83. The average Bonchev–Trinajstić information content (AvgIpc) is 2.15. The smallest absolute Gasteiger partial charge is 0.237 e. The lowest BCUT2D eigenvalue weighted by Gasteiger charge is -2.40. The van der Waals surface area contributed by atoms with Crippen LogP contribution in [0.15, 0.2) is 0 Å². The zero-order chi connectivity index (χ0) is 11.5. The summed E-state index contributed by atoms with van der Waals surface area (Å²) in [5.41, 5.74) is 5.77. The Labute approximate surface area is 96.6 Å². The predicted octanol–water partition coefficient (Wildman–Crippen LogP) is 1.37. The standard InChI is InChI=1S/C11H22N2OS/c1-8(2)9(12)10(14)13-7-11(15-3)5-4-6-11/h8-9H,4-7,12H2,1-3H3,(H,13,14)/t9-/m1/s1. The Hall–Kier alpha value is -0.220. The first-order chi connectivity index (χ1) is 7.01. The summed E-state index contributed by atoms with van der Waals surface area (Å²) in [6.45, 7) is 4.71. The monoisotopic (exact) mass is 230 g/mol. The minimum atomic E-state index is -0.371. The summed E-state index contributed by atoms with van der Waals surface area (Å²) in [5.74, 6) is 0.196. The number of amides is 1. The molecule has 1 aliphatic carbocycles. The fourth-order valence-corrected chi connectivity index (χ4v) is 2.61. The van der Waals surface area contributed by atoms with Gasteiger partial charge in [0.15, 0.2) is 0 Å². The zero-order valence-corrected chi connectivity index (χ0v) is 10.7. The second-order valence-corrected chi connectivity index (χ2v) is 6.00. The van der Waals surface area contributed by atoms with Crippen LogP contribution in [-0.2, 0) is 4.79 Å². The van der Waals surface area contributed by atoms with E-state index in [1.165, 1.54) is 19.3 Å². The summed E-state index contributed by atoms with van der Waals surface area (Å²) in [5, 5.41) is 2.97. The lowest BCUT2D eigenvalue weighted by Crippen LogP contribution is -2.50. The van der Waals surface area contributed by atoms with Gasteiger partial charge in [0.1, 0.15) is 0 Å². The predicted molar refractivity (Wildman–Crippen MR) is 65.9 cm³/mol. The van der Waals surface area contributed by atoms with E-state index in [1.807, 2.05) is 25.6 Å². The van der Waals surface area contributed by atoms with Gasteiger partial charge in [-0.05, 0) is 25.0 Å². The van der Waals surface area contributed by atoms with Crippen molar-refractivity contribution in [2.24, 2.45) is 11.7 Å². The van der Waals surface area contributed by atoms with E-state index < -0.39 is 0 Å². The maximum absolute atomic E-state index is 11.6. The van der Waals surface area contributed by atoms with E-state index >= 15 is 0 Å². The molecule has 0 heterocycles. The van der Waals surface area contributed by atoms with E-state index in [4.69, 9.17) is 5.73 Å². The fourth-order valence-electron chi connectivity index (χ4n) is 1.69. The van der Waals surface area contributed by atoms with Gasteiger partial charge < -0.3 is 11.1 Å². The first-order valence-electron chi connectivity index (χ1n) is 5.59. The minimum absolute atomic E-state index is 0.00896. The van der Waals surface area contributed by atoms with Crippen molar-refractivity contribution in [1.82, 2.24) is 5.32 Å². The topological polar surface area (TPSA) is 55.1 Å². The van der Waals surface area contributed by atoms with Gasteiger partial charge in [-0.2, -0.15) is 11.8 Å². The summed E-state index contributed by atoms with van der Waals surface area (Å²) >= 11 is 1.87. The Balaban J connectivity index is 2.33. The highest BCUT2D eigenvalue weighted by molar-refractivity contribution is 8.00. The molecule has 0 unspecified atom stereocenters. The second kappa shape index (κ2) is 5.21. The van der Waals surface area contributed by atoms with Gasteiger partial charge in [0.2, 0.25) is 5.91 Å². The summed E-state index contributed by atoms with van der Waals surface area (Å²) < 4.78 is 0.298. The quantitative estimate of drug-likeness (QED) is 0.750. The summed E-state index contributed by atoms with van der Waals surface area (Å²) in [6, 6.07) is -0.371. The van der Waals surface area contributed by atoms with Gasteiger partial charge in [-0.3, -0.25) is 4.79 Å². The Morgan fingerprint density at radius 1 is 1.53 bits per heavy atom. The molecule has 1 amide bonds. The van der Waals surface area contributed by atoms with Crippen molar-refractivity contribution in [3.8, 4) is 0 Å². The number of nitrogens with two attached hydrogens (primary N) is 1. The van der Waals surface area contributed by atoms with Crippen LogP contribution in [0.2, 0.25) is 0 Å². The number of carbonyl (C=O) groups excluding carboxylic acids is 1. The van der Waals surface area contributed by atoms with Gasteiger partial charge in [-0.25, -0.2) is 0 Å². The molecular weight excluding hydrogens is 208 g/mol. The van der Waals surface area contributed by atoms with Crippen LogP contribution in [0, 0.1) is 5.92 Å². The van der Waals surface area contributed by atoms with E-state index in [1.54, 1.807) is 0 Å². The van der Waals surface area contributed by atoms with Crippen LogP contribution in [0.5, 0.6) is 0 Å². The molecule has 88 valence electrons. The third-order valence-corrected chi connectivity index (χ3v) is 4.72. The maximum Gasteiger partial charge on any atom is 0.237 e. The van der Waals surface area contributed by atoms with E-state index in [0.29, 0.717) is 4.75 Å². The molecule has 0 aromatic carbocycles. The largest absolute Gasteiger partial charge is 0.353 e. The second-order valence-electron chi connectivity index (χ2n) is 4.73. The number of thioether (sulfide) groups is 1. The van der Waals surface area contributed by atoms with Gasteiger partial charge in [0.05, 0.1) is 6.04 Å². The molecule has 1 atom stereocenters. The number of rotatable bonds is 5. The lowest BCUT2D eigenvalue weighted by atomic mass is 9.84. The van der Waals surface area contributed by atoms with Gasteiger partial charge in [0, 0.05) is 11.3 Å².